The van der Waals surface area contributed by atoms with Crippen LogP contribution in [0.25, 0.3) is 10.9 Å². The van der Waals surface area contributed by atoms with E-state index in [1.807, 2.05) is 24.3 Å². The molecule has 0 radical (unpaired) electrons. The number of aliphatic hydroxyl groups is 2. The van der Waals surface area contributed by atoms with E-state index >= 15 is 0 Å². The van der Waals surface area contributed by atoms with Gasteiger partial charge in [-0.15, -0.1) is 10.2 Å². The molecular weight excluding hydrogens is 490 g/mol. The van der Waals surface area contributed by atoms with Crippen molar-refractivity contribution >= 4 is 22.5 Å². The molecule has 4 aliphatic carbocycles. The number of nitrogens with one attached hydrogen (secondary N) is 1. The molecule has 212 valence electrons. The number of carbonyl (C=O) groups excluding carboxylic acids is 1. The van der Waals surface area contributed by atoms with E-state index in [0.29, 0.717) is 47.6 Å². The topological polar surface area (TPSA) is 118 Å². The van der Waals surface area contributed by atoms with Crippen LogP contribution in [-0.2, 0) is 4.79 Å². The Labute approximate surface area is 231 Å². The van der Waals surface area contributed by atoms with Crippen molar-refractivity contribution in [3.63, 3.8) is 0 Å². The van der Waals surface area contributed by atoms with Crippen molar-refractivity contribution in [2.24, 2.45) is 56.6 Å². The van der Waals surface area contributed by atoms with Crippen molar-refractivity contribution in [2.45, 2.75) is 97.2 Å². The van der Waals surface area contributed by atoms with Gasteiger partial charge in [0.25, 0.3) is 5.91 Å². The summed E-state index contributed by atoms with van der Waals surface area (Å²) >= 11 is 0. The van der Waals surface area contributed by atoms with Crippen LogP contribution >= 0.6 is 0 Å². The Balaban J connectivity index is 1.11. The standard InChI is InChI=1S/C32H45N3O4/c1-18(8-11-27(38)34-35-29-21-6-4-5-7-25(21)33-30(29)39)22-9-10-23-28-24(13-15-32(22,23)3)31(2)14-12-20(36)16-19(31)17-26(28)37/h4-7,18-20,22-24,26,28,33,36-37,39H,8-17H2,1-3H3/t18?,19?,20?,22?,23?,24?,26-,28?,31?,32?/m0/s1. The van der Waals surface area contributed by atoms with Crippen molar-refractivity contribution < 1.29 is 20.1 Å². The lowest BCUT2D eigenvalue weighted by molar-refractivity contribution is -0.174. The van der Waals surface area contributed by atoms with Crippen LogP contribution in [0.15, 0.2) is 34.5 Å². The highest BCUT2D eigenvalue weighted by molar-refractivity contribution is 5.94. The van der Waals surface area contributed by atoms with Gasteiger partial charge >= 0.3 is 0 Å². The van der Waals surface area contributed by atoms with E-state index in [4.69, 9.17) is 0 Å². The molecule has 39 heavy (non-hydrogen) atoms. The first-order chi connectivity index (χ1) is 18.6. The molecule has 1 amide bonds. The van der Waals surface area contributed by atoms with Crippen molar-refractivity contribution in [1.29, 1.82) is 0 Å². The molecule has 6 rings (SSSR count). The molecule has 7 nitrogen and oxygen atoms in total. The second-order valence-corrected chi connectivity index (χ2v) is 13.9. The Kier molecular flexibility index (Phi) is 6.90. The largest absolute Gasteiger partial charge is 0.493 e. The van der Waals surface area contributed by atoms with Crippen molar-refractivity contribution in [3.05, 3.63) is 24.3 Å². The number of nitrogens with zero attached hydrogens (tertiary/aromatic N) is 2. The van der Waals surface area contributed by atoms with Crippen LogP contribution in [0.5, 0.6) is 5.88 Å². The minimum absolute atomic E-state index is 0.0730. The SMILES string of the molecule is CC(CCC(=O)N=Nc1c(O)[nH]c2ccccc12)C1CCC2C3C(CCC12C)C1(C)CCC(O)CC1C[C@@H]3O. The van der Waals surface area contributed by atoms with Gasteiger partial charge in [0.1, 0.15) is 0 Å². The van der Waals surface area contributed by atoms with Crippen LogP contribution < -0.4 is 0 Å². The molecule has 1 heterocycles. The minimum Gasteiger partial charge on any atom is -0.493 e. The first-order valence-corrected chi connectivity index (χ1v) is 15.2. The fourth-order valence-corrected chi connectivity index (χ4v) is 10.1. The highest BCUT2D eigenvalue weighted by Gasteiger charge is 2.62. The Morgan fingerprint density at radius 3 is 2.62 bits per heavy atom. The number of para-hydroxylation sites is 1. The first-order valence-electron chi connectivity index (χ1n) is 15.2. The number of azo groups is 1. The number of rotatable bonds is 5. The maximum atomic E-state index is 12.7. The predicted octanol–water partition coefficient (Wildman–Crippen LogP) is 6.89. The molecule has 4 saturated carbocycles. The average Bonchev–Trinajstić information content (AvgIpc) is 3.42. The zero-order valence-electron chi connectivity index (χ0n) is 23.6. The zero-order valence-corrected chi connectivity index (χ0v) is 23.6. The van der Waals surface area contributed by atoms with E-state index < -0.39 is 0 Å². The Bertz CT molecular complexity index is 1260. The van der Waals surface area contributed by atoms with Crippen molar-refractivity contribution in [2.75, 3.05) is 0 Å². The lowest BCUT2D eigenvalue weighted by atomic mass is 9.43. The summed E-state index contributed by atoms with van der Waals surface area (Å²) in [4.78, 5) is 15.6. The number of aromatic amines is 1. The molecule has 0 aliphatic heterocycles. The molecule has 0 saturated heterocycles. The van der Waals surface area contributed by atoms with Gasteiger partial charge in [-0.1, -0.05) is 39.0 Å². The van der Waals surface area contributed by atoms with E-state index in [2.05, 4.69) is 36.0 Å². The number of fused-ring (bicyclic) bond motifs is 6. The molecule has 1 aromatic carbocycles. The summed E-state index contributed by atoms with van der Waals surface area (Å²) in [6.07, 6.45) is 9.03. The van der Waals surface area contributed by atoms with Gasteiger partial charge in [0.05, 0.1) is 17.7 Å². The number of hydrogen-bond donors (Lipinski definition) is 4. The smallest absolute Gasteiger partial charge is 0.264 e. The van der Waals surface area contributed by atoms with Gasteiger partial charge in [-0.25, -0.2) is 0 Å². The molecule has 0 bridgehead atoms. The summed E-state index contributed by atoms with van der Waals surface area (Å²) in [5, 5.41) is 40.8. The number of benzene rings is 1. The molecule has 0 spiro atoms. The number of amides is 1. The number of H-pyrrole nitrogens is 1. The first kappa shape index (κ1) is 26.9. The van der Waals surface area contributed by atoms with Gasteiger partial charge in [-0.2, -0.15) is 0 Å². The van der Waals surface area contributed by atoms with E-state index in [-0.39, 0.29) is 34.8 Å². The van der Waals surface area contributed by atoms with Gasteiger partial charge in [0, 0.05) is 11.8 Å². The van der Waals surface area contributed by atoms with Crippen LogP contribution in [-0.4, -0.2) is 38.4 Å². The van der Waals surface area contributed by atoms with Crippen molar-refractivity contribution in [3.8, 4) is 5.88 Å². The van der Waals surface area contributed by atoms with Gasteiger partial charge in [-0.3, -0.25) is 4.79 Å². The fourth-order valence-electron chi connectivity index (χ4n) is 10.1. The van der Waals surface area contributed by atoms with Gasteiger partial charge < -0.3 is 20.3 Å². The van der Waals surface area contributed by atoms with Crippen molar-refractivity contribution in [1.82, 2.24) is 4.98 Å². The Morgan fingerprint density at radius 2 is 1.79 bits per heavy atom. The summed E-state index contributed by atoms with van der Waals surface area (Å²) in [6, 6.07) is 7.44. The fraction of sp³-hybridized carbons (Fsp3) is 0.719. The summed E-state index contributed by atoms with van der Waals surface area (Å²) < 4.78 is 0. The number of aromatic nitrogens is 1. The lowest BCUT2D eigenvalue weighted by Gasteiger charge is -2.62. The van der Waals surface area contributed by atoms with E-state index in [1.165, 1.54) is 19.3 Å². The summed E-state index contributed by atoms with van der Waals surface area (Å²) in [5.74, 6) is 2.48. The average molecular weight is 536 g/mol. The normalized spacial score (nSPS) is 40.8. The van der Waals surface area contributed by atoms with Gasteiger partial charge in [-0.05, 0) is 110 Å². The molecule has 7 heteroatoms. The second-order valence-electron chi connectivity index (χ2n) is 13.9. The molecule has 4 N–H and O–H groups in total. The maximum Gasteiger partial charge on any atom is 0.264 e. The highest BCUT2D eigenvalue weighted by Crippen LogP contribution is 2.68. The van der Waals surface area contributed by atoms with Crippen LogP contribution in [0.3, 0.4) is 0 Å². The maximum absolute atomic E-state index is 12.7. The van der Waals surface area contributed by atoms with Gasteiger partial charge in [0.15, 0.2) is 5.69 Å². The lowest BCUT2D eigenvalue weighted by Crippen LogP contribution is -2.58. The molecule has 1 aromatic heterocycles. The van der Waals surface area contributed by atoms with Crippen LogP contribution in [0.1, 0.15) is 85.0 Å². The Morgan fingerprint density at radius 1 is 1.05 bits per heavy atom. The van der Waals surface area contributed by atoms with Crippen LogP contribution in [0, 0.1) is 46.3 Å². The third-order valence-corrected chi connectivity index (χ3v) is 12.2. The number of aromatic hydroxyl groups is 1. The summed E-state index contributed by atoms with van der Waals surface area (Å²) in [7, 11) is 0. The predicted molar refractivity (Wildman–Crippen MR) is 150 cm³/mol. The molecule has 4 aliphatic rings. The molecule has 2 aromatic rings. The zero-order chi connectivity index (χ0) is 27.5. The summed E-state index contributed by atoms with van der Waals surface area (Å²) in [5.41, 5.74) is 1.51. The minimum atomic E-state index is -0.264. The highest BCUT2D eigenvalue weighted by atomic mass is 16.3. The number of aliphatic hydroxyl groups excluding tert-OH is 2. The third-order valence-electron chi connectivity index (χ3n) is 12.2. The quantitative estimate of drug-likeness (QED) is 0.312. The molecule has 9 unspecified atom stereocenters. The summed E-state index contributed by atoms with van der Waals surface area (Å²) in [6.45, 7) is 7.22. The van der Waals surface area contributed by atoms with Crippen LogP contribution in [0.2, 0.25) is 0 Å². The molecular formula is C32H45N3O4. The second kappa shape index (κ2) is 9.99. The number of hydrogen-bond acceptors (Lipinski definition) is 5. The molecule has 10 atom stereocenters. The van der Waals surface area contributed by atoms with Crippen LogP contribution in [0.4, 0.5) is 5.69 Å². The van der Waals surface area contributed by atoms with E-state index in [1.54, 1.807) is 0 Å². The van der Waals surface area contributed by atoms with E-state index in [9.17, 15) is 20.1 Å². The Hall–Kier alpha value is -2.25. The number of carbonyl (C=O) groups is 1. The molecule has 4 fully saturated rings. The van der Waals surface area contributed by atoms with Gasteiger partial charge in [0.2, 0.25) is 5.88 Å². The van der Waals surface area contributed by atoms with E-state index in [0.717, 1.165) is 49.4 Å². The third kappa shape index (κ3) is 4.44. The monoisotopic (exact) mass is 535 g/mol.